The molecule has 0 amide bonds. The SMILES string of the molecule is CNc1c([N+](=O)[O-])ccc(NCc2ccc(F)cc2)c1F. The monoisotopic (exact) mass is 293 g/mol. The number of hydrogen-bond donors (Lipinski definition) is 2. The van der Waals surface area contributed by atoms with Gasteiger partial charge in [-0.15, -0.1) is 0 Å². The van der Waals surface area contributed by atoms with E-state index in [9.17, 15) is 18.9 Å². The molecule has 2 N–H and O–H groups in total. The first-order valence-electron chi connectivity index (χ1n) is 6.16. The standard InChI is InChI=1S/C14H13F2N3O2/c1-17-14-12(19(20)21)7-6-11(13(14)16)18-8-9-2-4-10(15)5-3-9/h2-7,17-18H,8H2,1H3. The van der Waals surface area contributed by atoms with E-state index < -0.39 is 10.7 Å². The van der Waals surface area contributed by atoms with Gasteiger partial charge in [0.25, 0.3) is 5.69 Å². The number of nitro groups is 1. The second-order valence-corrected chi connectivity index (χ2v) is 4.31. The summed E-state index contributed by atoms with van der Waals surface area (Å²) in [5, 5.41) is 16.1. The van der Waals surface area contributed by atoms with Crippen molar-refractivity contribution in [3.8, 4) is 0 Å². The molecule has 2 aromatic rings. The van der Waals surface area contributed by atoms with Crippen molar-refractivity contribution in [2.24, 2.45) is 0 Å². The van der Waals surface area contributed by atoms with Crippen molar-refractivity contribution in [3.05, 3.63) is 63.7 Å². The molecule has 2 rings (SSSR count). The average molecular weight is 293 g/mol. The summed E-state index contributed by atoms with van der Waals surface area (Å²) in [6, 6.07) is 8.29. The molecular formula is C14H13F2N3O2. The zero-order chi connectivity index (χ0) is 15.4. The largest absolute Gasteiger partial charge is 0.380 e. The van der Waals surface area contributed by atoms with Crippen LogP contribution in [0.25, 0.3) is 0 Å². The third kappa shape index (κ3) is 3.25. The molecule has 0 radical (unpaired) electrons. The van der Waals surface area contributed by atoms with Gasteiger partial charge in [0.2, 0.25) is 0 Å². The van der Waals surface area contributed by atoms with E-state index in [2.05, 4.69) is 10.6 Å². The molecule has 110 valence electrons. The first kappa shape index (κ1) is 14.7. The molecule has 0 saturated heterocycles. The maximum atomic E-state index is 14.2. The first-order chi connectivity index (χ1) is 10.0. The number of halogens is 2. The lowest BCUT2D eigenvalue weighted by Gasteiger charge is -2.11. The van der Waals surface area contributed by atoms with Gasteiger partial charge in [-0.1, -0.05) is 12.1 Å². The molecule has 0 aliphatic carbocycles. The lowest BCUT2D eigenvalue weighted by atomic mass is 10.2. The molecule has 0 fully saturated rings. The molecule has 0 aliphatic heterocycles. The molecule has 0 saturated carbocycles. The van der Waals surface area contributed by atoms with Gasteiger partial charge in [-0.05, 0) is 23.8 Å². The number of hydrogen-bond acceptors (Lipinski definition) is 4. The van der Waals surface area contributed by atoms with Gasteiger partial charge in [-0.3, -0.25) is 10.1 Å². The van der Waals surface area contributed by atoms with Crippen LogP contribution >= 0.6 is 0 Å². The van der Waals surface area contributed by atoms with E-state index in [-0.39, 0.29) is 29.4 Å². The smallest absolute Gasteiger partial charge is 0.295 e. The molecule has 0 unspecified atom stereocenters. The highest BCUT2D eigenvalue weighted by Crippen LogP contribution is 2.32. The van der Waals surface area contributed by atoms with E-state index in [0.717, 1.165) is 5.56 Å². The quantitative estimate of drug-likeness (QED) is 0.653. The van der Waals surface area contributed by atoms with Gasteiger partial charge in [0.05, 0.1) is 10.6 Å². The zero-order valence-corrected chi connectivity index (χ0v) is 11.2. The molecule has 0 spiro atoms. The minimum Gasteiger partial charge on any atom is -0.380 e. The molecule has 7 heteroatoms. The number of benzene rings is 2. The molecule has 0 heterocycles. The maximum absolute atomic E-state index is 14.2. The van der Waals surface area contributed by atoms with Crippen molar-refractivity contribution < 1.29 is 13.7 Å². The van der Waals surface area contributed by atoms with E-state index in [0.29, 0.717) is 0 Å². The Kier molecular flexibility index (Phi) is 4.32. The van der Waals surface area contributed by atoms with Crippen LogP contribution in [-0.4, -0.2) is 12.0 Å². The Balaban J connectivity index is 2.21. The molecular weight excluding hydrogens is 280 g/mol. The highest BCUT2D eigenvalue weighted by atomic mass is 19.1. The van der Waals surface area contributed by atoms with Crippen molar-refractivity contribution in [1.29, 1.82) is 0 Å². The van der Waals surface area contributed by atoms with E-state index in [1.54, 1.807) is 12.1 Å². The minimum absolute atomic E-state index is 0.134. The van der Waals surface area contributed by atoms with Crippen molar-refractivity contribution in [2.75, 3.05) is 17.7 Å². The Hall–Kier alpha value is -2.70. The second kappa shape index (κ2) is 6.17. The highest BCUT2D eigenvalue weighted by molar-refractivity contribution is 5.69. The van der Waals surface area contributed by atoms with Crippen LogP contribution in [0.5, 0.6) is 0 Å². The van der Waals surface area contributed by atoms with Crippen molar-refractivity contribution in [2.45, 2.75) is 6.54 Å². The highest BCUT2D eigenvalue weighted by Gasteiger charge is 2.19. The summed E-state index contributed by atoms with van der Waals surface area (Å²) in [5.74, 6) is -1.08. The lowest BCUT2D eigenvalue weighted by molar-refractivity contribution is -0.384. The fourth-order valence-electron chi connectivity index (χ4n) is 1.89. The Bertz CT molecular complexity index is 660. The normalized spacial score (nSPS) is 10.2. The van der Waals surface area contributed by atoms with Crippen LogP contribution in [0.4, 0.5) is 25.8 Å². The van der Waals surface area contributed by atoms with Crippen LogP contribution in [0.15, 0.2) is 36.4 Å². The minimum atomic E-state index is -0.728. The molecule has 21 heavy (non-hydrogen) atoms. The summed E-state index contributed by atoms with van der Waals surface area (Å²) in [7, 11) is 1.41. The van der Waals surface area contributed by atoms with Crippen LogP contribution in [-0.2, 0) is 6.54 Å². The maximum Gasteiger partial charge on any atom is 0.295 e. The Morgan fingerprint density at radius 1 is 1.14 bits per heavy atom. The van der Waals surface area contributed by atoms with Crippen LogP contribution < -0.4 is 10.6 Å². The van der Waals surface area contributed by atoms with E-state index in [1.807, 2.05) is 0 Å². The van der Waals surface area contributed by atoms with Crippen LogP contribution in [0.3, 0.4) is 0 Å². The van der Waals surface area contributed by atoms with Gasteiger partial charge in [0.1, 0.15) is 5.82 Å². The topological polar surface area (TPSA) is 67.2 Å². The summed E-state index contributed by atoms with van der Waals surface area (Å²) in [5.41, 5.74) is 0.390. The fraction of sp³-hybridized carbons (Fsp3) is 0.143. The molecule has 0 atom stereocenters. The second-order valence-electron chi connectivity index (χ2n) is 4.31. The third-order valence-corrected chi connectivity index (χ3v) is 2.96. The van der Waals surface area contributed by atoms with Gasteiger partial charge >= 0.3 is 0 Å². The van der Waals surface area contributed by atoms with Crippen LogP contribution in [0.2, 0.25) is 0 Å². The van der Waals surface area contributed by atoms with Gasteiger partial charge < -0.3 is 10.6 Å². The average Bonchev–Trinajstić information content (AvgIpc) is 2.47. The van der Waals surface area contributed by atoms with E-state index in [4.69, 9.17) is 0 Å². The van der Waals surface area contributed by atoms with E-state index >= 15 is 0 Å². The number of nitro benzene ring substituents is 1. The van der Waals surface area contributed by atoms with Gasteiger partial charge in [-0.25, -0.2) is 8.78 Å². The predicted octanol–water partition coefficient (Wildman–Crippen LogP) is 3.53. The summed E-state index contributed by atoms with van der Waals surface area (Å²) >= 11 is 0. The molecule has 2 aromatic carbocycles. The number of rotatable bonds is 5. The van der Waals surface area contributed by atoms with Crippen molar-refractivity contribution in [1.82, 2.24) is 0 Å². The van der Waals surface area contributed by atoms with Crippen LogP contribution in [0, 0.1) is 21.7 Å². The third-order valence-electron chi connectivity index (χ3n) is 2.96. The Morgan fingerprint density at radius 3 is 2.38 bits per heavy atom. The van der Waals surface area contributed by atoms with Gasteiger partial charge in [-0.2, -0.15) is 0 Å². The zero-order valence-electron chi connectivity index (χ0n) is 11.2. The number of anilines is 2. The number of nitrogens with zero attached hydrogens (tertiary/aromatic N) is 1. The summed E-state index contributed by atoms with van der Waals surface area (Å²) in [6.45, 7) is 0.276. The fourth-order valence-corrected chi connectivity index (χ4v) is 1.89. The first-order valence-corrected chi connectivity index (χ1v) is 6.16. The Morgan fingerprint density at radius 2 is 1.81 bits per heavy atom. The Labute approximate surface area is 119 Å². The lowest BCUT2D eigenvalue weighted by Crippen LogP contribution is -2.05. The molecule has 0 bridgehead atoms. The van der Waals surface area contributed by atoms with Crippen molar-refractivity contribution in [3.63, 3.8) is 0 Å². The van der Waals surface area contributed by atoms with Crippen molar-refractivity contribution >= 4 is 17.1 Å². The molecule has 5 nitrogen and oxygen atoms in total. The summed E-state index contributed by atoms with van der Waals surface area (Å²) in [6.07, 6.45) is 0. The summed E-state index contributed by atoms with van der Waals surface area (Å²) < 4.78 is 27.0. The molecule has 0 aliphatic rings. The van der Waals surface area contributed by atoms with Gasteiger partial charge in [0, 0.05) is 19.7 Å². The number of nitrogens with one attached hydrogen (secondary N) is 2. The van der Waals surface area contributed by atoms with E-state index in [1.165, 1.54) is 31.3 Å². The molecule has 0 aromatic heterocycles. The van der Waals surface area contributed by atoms with Gasteiger partial charge in [0.15, 0.2) is 11.5 Å². The summed E-state index contributed by atoms with van der Waals surface area (Å²) in [4.78, 5) is 10.1. The predicted molar refractivity (Wildman–Crippen MR) is 76.3 cm³/mol. The van der Waals surface area contributed by atoms with Crippen LogP contribution in [0.1, 0.15) is 5.56 Å².